The summed E-state index contributed by atoms with van der Waals surface area (Å²) in [6.07, 6.45) is -2.51. The van der Waals surface area contributed by atoms with E-state index in [1.54, 1.807) is 95.6 Å². The minimum atomic E-state index is -1.49. The first-order valence-corrected chi connectivity index (χ1v) is 18.9. The number of aliphatic hydroxyl groups is 4. The van der Waals surface area contributed by atoms with Gasteiger partial charge in [-0.1, -0.05) is 0 Å². The van der Waals surface area contributed by atoms with Gasteiger partial charge >= 0.3 is 0 Å². The zero-order chi connectivity index (χ0) is 41.0. The van der Waals surface area contributed by atoms with E-state index >= 15 is 0 Å². The number of aliphatic hydroxyl groups excluding tert-OH is 4. The van der Waals surface area contributed by atoms with Crippen molar-refractivity contribution in [2.24, 2.45) is 20.0 Å². The monoisotopic (exact) mass is 794 g/mol. The molecule has 1 aliphatic carbocycles. The van der Waals surface area contributed by atoms with Gasteiger partial charge in [-0.25, -0.2) is 0 Å². The van der Waals surface area contributed by atoms with Crippen molar-refractivity contribution >= 4 is 24.9 Å². The van der Waals surface area contributed by atoms with Crippen LogP contribution in [0.25, 0.3) is 0 Å². The average molecular weight is 795 g/mol. The standard InChI is InChI=1S/C44H50N4O10/c1-53-31-13-5-27(6-14-31)22-45-26-37-40(50)41(51)38(48-25-30-11-19-34(56-4)20-12-30)44(57-37)58-43-36(47-24-29-9-17-33(55-3)18-10-29)21-35(39(49)42(43)52)46-23-28-7-15-32(54-2)16-8-28/h5-20,22-25,35-44,49-52H,21,26H2,1-4H3/t35-,36+,37+,38+,39+,40+,41+,42-,43-,44+/m0/s1. The first kappa shape index (κ1) is 42.1. The van der Waals surface area contributed by atoms with Crippen LogP contribution < -0.4 is 18.9 Å². The Hall–Kier alpha value is -5.48. The molecular formula is C44H50N4O10. The summed E-state index contributed by atoms with van der Waals surface area (Å²) in [5, 5.41) is 46.2. The Morgan fingerprint density at radius 2 is 0.931 bits per heavy atom. The van der Waals surface area contributed by atoms with Crippen molar-refractivity contribution in [2.45, 2.75) is 67.5 Å². The predicted molar refractivity (Wildman–Crippen MR) is 221 cm³/mol. The molecule has 0 amide bonds. The Bertz CT molecular complexity index is 1990. The second kappa shape index (κ2) is 20.3. The van der Waals surface area contributed by atoms with Crippen LogP contribution in [-0.2, 0) is 9.47 Å². The van der Waals surface area contributed by atoms with Crippen LogP contribution in [0.5, 0.6) is 23.0 Å². The van der Waals surface area contributed by atoms with Gasteiger partial charge in [-0.15, -0.1) is 0 Å². The molecular weight excluding hydrogens is 745 g/mol. The first-order valence-electron chi connectivity index (χ1n) is 18.9. The molecule has 4 aromatic carbocycles. The van der Waals surface area contributed by atoms with Crippen molar-refractivity contribution in [1.29, 1.82) is 0 Å². The summed E-state index contributed by atoms with van der Waals surface area (Å²) >= 11 is 0. The molecule has 1 heterocycles. The molecule has 4 N–H and O–H groups in total. The fourth-order valence-corrected chi connectivity index (χ4v) is 6.69. The minimum absolute atomic E-state index is 0.0317. The molecule has 0 unspecified atom stereocenters. The third-order valence-electron chi connectivity index (χ3n) is 10.1. The smallest absolute Gasteiger partial charge is 0.183 e. The number of aliphatic imine (C=N–C) groups is 4. The second-order valence-electron chi connectivity index (χ2n) is 13.9. The maximum absolute atomic E-state index is 11.8. The molecule has 2 fully saturated rings. The van der Waals surface area contributed by atoms with E-state index in [0.29, 0.717) is 28.6 Å². The molecule has 58 heavy (non-hydrogen) atoms. The molecule has 4 aromatic rings. The van der Waals surface area contributed by atoms with Crippen molar-refractivity contribution in [1.82, 2.24) is 0 Å². The topological polar surface area (TPSA) is 186 Å². The molecule has 1 aliphatic heterocycles. The van der Waals surface area contributed by atoms with Crippen molar-refractivity contribution < 1.29 is 48.8 Å². The van der Waals surface area contributed by atoms with Gasteiger partial charge in [-0.05, 0) is 126 Å². The van der Waals surface area contributed by atoms with Gasteiger partial charge in [0.05, 0.1) is 47.1 Å². The highest BCUT2D eigenvalue weighted by Crippen LogP contribution is 2.33. The lowest BCUT2D eigenvalue weighted by molar-refractivity contribution is -0.287. The molecule has 6 rings (SSSR count). The van der Waals surface area contributed by atoms with E-state index in [4.69, 9.17) is 33.4 Å². The van der Waals surface area contributed by atoms with Gasteiger partial charge in [-0.2, -0.15) is 0 Å². The second-order valence-corrected chi connectivity index (χ2v) is 13.9. The van der Waals surface area contributed by atoms with E-state index in [2.05, 4.69) is 15.0 Å². The van der Waals surface area contributed by atoms with Gasteiger partial charge in [0.15, 0.2) is 6.29 Å². The summed E-state index contributed by atoms with van der Waals surface area (Å²) < 4.78 is 34.0. The molecule has 2 aliphatic rings. The number of hydrogen-bond donors (Lipinski definition) is 4. The fourth-order valence-electron chi connectivity index (χ4n) is 6.69. The lowest BCUT2D eigenvalue weighted by Crippen LogP contribution is -2.62. The largest absolute Gasteiger partial charge is 0.497 e. The van der Waals surface area contributed by atoms with Crippen LogP contribution in [0.1, 0.15) is 28.7 Å². The Morgan fingerprint density at radius 3 is 1.38 bits per heavy atom. The molecule has 0 spiro atoms. The summed E-state index contributed by atoms with van der Waals surface area (Å²) in [6, 6.07) is 26.3. The first-order chi connectivity index (χ1) is 28.2. The Labute approximate surface area is 337 Å². The van der Waals surface area contributed by atoms with E-state index in [-0.39, 0.29) is 13.0 Å². The maximum Gasteiger partial charge on any atom is 0.183 e. The van der Waals surface area contributed by atoms with Crippen LogP contribution in [0.4, 0.5) is 0 Å². The van der Waals surface area contributed by atoms with E-state index in [1.165, 1.54) is 6.21 Å². The maximum atomic E-state index is 11.8. The Morgan fingerprint density at radius 1 is 0.517 bits per heavy atom. The highest BCUT2D eigenvalue weighted by atomic mass is 16.7. The van der Waals surface area contributed by atoms with Crippen molar-refractivity contribution in [3.05, 3.63) is 119 Å². The number of methoxy groups -OCH3 is 4. The van der Waals surface area contributed by atoms with Gasteiger partial charge in [0.25, 0.3) is 0 Å². The SMILES string of the molecule is COc1ccc(C=NC[C@H]2O[C@H](O[C@@H]3[C@@H](O)[C@H](O)[C@@H](N=Cc4ccc(OC)cc4)C[C@H]3N=Cc3ccc(OC)cc3)[C@H](N=Cc3ccc(OC)cc3)[C@@H](O)[C@@H]2O)cc1. The predicted octanol–water partition coefficient (Wildman–Crippen LogP) is 3.56. The molecule has 0 radical (unpaired) electrons. The summed E-state index contributed by atoms with van der Waals surface area (Å²) in [7, 11) is 6.33. The van der Waals surface area contributed by atoms with Crippen LogP contribution in [0, 0.1) is 0 Å². The van der Waals surface area contributed by atoms with E-state index in [9.17, 15) is 20.4 Å². The highest BCUT2D eigenvalue weighted by molar-refractivity contribution is 5.81. The number of benzene rings is 4. The van der Waals surface area contributed by atoms with Gasteiger partial charge in [-0.3, -0.25) is 20.0 Å². The molecule has 14 heteroatoms. The lowest BCUT2D eigenvalue weighted by Gasteiger charge is -2.45. The zero-order valence-electron chi connectivity index (χ0n) is 32.8. The van der Waals surface area contributed by atoms with E-state index in [0.717, 1.165) is 16.7 Å². The molecule has 1 saturated carbocycles. The highest BCUT2D eigenvalue weighted by Gasteiger charge is 2.50. The van der Waals surface area contributed by atoms with Crippen LogP contribution in [-0.4, -0.2) is 141 Å². The average Bonchev–Trinajstić information content (AvgIpc) is 3.26. The Kier molecular flexibility index (Phi) is 14.7. The lowest BCUT2D eigenvalue weighted by atomic mass is 9.84. The summed E-state index contributed by atoms with van der Waals surface area (Å²) in [4.78, 5) is 18.6. The number of ether oxygens (including phenoxy) is 6. The van der Waals surface area contributed by atoms with Gasteiger partial charge in [0.2, 0.25) is 0 Å². The minimum Gasteiger partial charge on any atom is -0.497 e. The number of hydrogen-bond acceptors (Lipinski definition) is 14. The summed E-state index contributed by atoms with van der Waals surface area (Å²) in [5.41, 5.74) is 3.03. The molecule has 306 valence electrons. The molecule has 10 atom stereocenters. The fraction of sp³-hybridized carbons (Fsp3) is 0.364. The van der Waals surface area contributed by atoms with Crippen LogP contribution in [0.2, 0.25) is 0 Å². The molecule has 1 saturated heterocycles. The Balaban J connectivity index is 1.29. The van der Waals surface area contributed by atoms with Crippen molar-refractivity contribution in [3.63, 3.8) is 0 Å². The van der Waals surface area contributed by atoms with Crippen molar-refractivity contribution in [2.75, 3.05) is 35.0 Å². The summed E-state index contributed by atoms with van der Waals surface area (Å²) in [6.45, 7) is -0.0317. The molecule has 0 aromatic heterocycles. The van der Waals surface area contributed by atoms with Gasteiger partial charge in [0, 0.05) is 24.9 Å². The molecule has 14 nitrogen and oxygen atoms in total. The van der Waals surface area contributed by atoms with Gasteiger partial charge in [0.1, 0.15) is 65.7 Å². The third kappa shape index (κ3) is 10.7. The van der Waals surface area contributed by atoms with Crippen molar-refractivity contribution in [3.8, 4) is 23.0 Å². The normalized spacial score (nSPS) is 27.7. The number of nitrogens with zero attached hydrogens (tertiary/aromatic N) is 4. The van der Waals surface area contributed by atoms with Crippen LogP contribution in [0.15, 0.2) is 117 Å². The summed E-state index contributed by atoms with van der Waals surface area (Å²) in [5.74, 6) is 2.73. The van der Waals surface area contributed by atoms with E-state index in [1.807, 2.05) is 48.5 Å². The van der Waals surface area contributed by atoms with Crippen LogP contribution >= 0.6 is 0 Å². The third-order valence-corrected chi connectivity index (χ3v) is 10.1. The van der Waals surface area contributed by atoms with E-state index < -0.39 is 61.0 Å². The van der Waals surface area contributed by atoms with Crippen LogP contribution in [0.3, 0.4) is 0 Å². The number of rotatable bonds is 15. The quantitative estimate of drug-likeness (QED) is 0.130. The van der Waals surface area contributed by atoms with Gasteiger partial charge < -0.3 is 48.8 Å². The zero-order valence-corrected chi connectivity index (χ0v) is 32.8. The molecule has 0 bridgehead atoms.